The quantitative estimate of drug-likeness (QED) is 0.158. The fourth-order valence-electron chi connectivity index (χ4n) is 5.81. The van der Waals surface area contributed by atoms with Gasteiger partial charge in [-0.1, -0.05) is 51.1 Å². The number of nitrogens with zero attached hydrogens (tertiary/aromatic N) is 8. The van der Waals surface area contributed by atoms with E-state index < -0.39 is 0 Å². The summed E-state index contributed by atoms with van der Waals surface area (Å²) in [4.78, 5) is 33.6. The van der Waals surface area contributed by atoms with Gasteiger partial charge in [-0.15, -0.1) is 0 Å². The third kappa shape index (κ3) is 8.21. The number of amides is 2. The van der Waals surface area contributed by atoms with Crippen molar-refractivity contribution in [2.75, 3.05) is 15.5 Å². The summed E-state index contributed by atoms with van der Waals surface area (Å²) in [6, 6.07) is 15.7. The van der Waals surface area contributed by atoms with E-state index in [2.05, 4.69) is 62.8 Å². The predicted octanol–water partition coefficient (Wildman–Crippen LogP) is 6.18. The zero-order valence-corrected chi connectivity index (χ0v) is 28.2. The molecular weight excluding hydrogens is 618 g/mol. The molecule has 2 amide bonds. The number of anilines is 3. The van der Waals surface area contributed by atoms with Crippen LogP contribution in [0.1, 0.15) is 69.2 Å². The highest BCUT2D eigenvalue weighted by Gasteiger charge is 2.31. The SMILES string of the molecule is Cn1cc(-c2ccc(N(C(=O)NCc3ccccc3)C3CCC(Nc4ncc(C#N)c(NCc5ncc(C(C)(C)C)o5)n4)CC3)nc2)cn1. The van der Waals surface area contributed by atoms with E-state index in [4.69, 9.17) is 9.40 Å². The van der Waals surface area contributed by atoms with Crippen LogP contribution in [-0.2, 0) is 25.6 Å². The van der Waals surface area contributed by atoms with Crippen LogP contribution < -0.4 is 20.9 Å². The van der Waals surface area contributed by atoms with Crippen molar-refractivity contribution in [1.82, 2.24) is 35.0 Å². The maximum absolute atomic E-state index is 13.7. The Morgan fingerprint density at radius 1 is 0.980 bits per heavy atom. The highest BCUT2D eigenvalue weighted by Crippen LogP contribution is 2.30. The van der Waals surface area contributed by atoms with Crippen molar-refractivity contribution in [2.45, 2.75) is 77.0 Å². The molecule has 1 aliphatic rings. The van der Waals surface area contributed by atoms with Gasteiger partial charge in [-0.2, -0.15) is 15.3 Å². The first-order valence-electron chi connectivity index (χ1n) is 16.4. The topological polar surface area (TPSA) is 163 Å². The molecule has 0 atom stereocenters. The first kappa shape index (κ1) is 33.1. The summed E-state index contributed by atoms with van der Waals surface area (Å²) in [6.07, 6.45) is 11.9. The Morgan fingerprint density at radius 2 is 1.78 bits per heavy atom. The second kappa shape index (κ2) is 14.6. The van der Waals surface area contributed by atoms with E-state index >= 15 is 0 Å². The first-order valence-corrected chi connectivity index (χ1v) is 16.4. The van der Waals surface area contributed by atoms with Crippen LogP contribution in [0.2, 0.25) is 0 Å². The van der Waals surface area contributed by atoms with Gasteiger partial charge in [0.15, 0.2) is 0 Å². The number of pyridine rings is 1. The Balaban J connectivity index is 1.12. The van der Waals surface area contributed by atoms with E-state index in [0.717, 1.165) is 48.1 Å². The van der Waals surface area contributed by atoms with E-state index in [0.29, 0.717) is 35.6 Å². The van der Waals surface area contributed by atoms with Gasteiger partial charge in [0.25, 0.3) is 0 Å². The van der Waals surface area contributed by atoms with E-state index in [1.165, 1.54) is 6.20 Å². The lowest BCUT2D eigenvalue weighted by Crippen LogP contribution is -2.49. The van der Waals surface area contributed by atoms with Crippen LogP contribution in [0.3, 0.4) is 0 Å². The number of hydrogen-bond acceptors (Lipinski definition) is 10. The molecule has 1 saturated carbocycles. The van der Waals surface area contributed by atoms with Gasteiger partial charge in [-0.05, 0) is 43.4 Å². The molecule has 4 heterocycles. The lowest BCUT2D eigenvalue weighted by atomic mass is 9.90. The summed E-state index contributed by atoms with van der Waals surface area (Å²) in [6.45, 7) is 6.88. The summed E-state index contributed by atoms with van der Waals surface area (Å²) < 4.78 is 7.63. The van der Waals surface area contributed by atoms with Crippen LogP contribution in [-0.4, -0.2) is 47.8 Å². The van der Waals surface area contributed by atoms with Crippen LogP contribution >= 0.6 is 0 Å². The van der Waals surface area contributed by atoms with Crippen LogP contribution in [0.15, 0.2) is 77.9 Å². The normalized spacial score (nSPS) is 16.1. The van der Waals surface area contributed by atoms with Crippen LogP contribution in [0.4, 0.5) is 22.4 Å². The number of aromatic nitrogens is 6. The van der Waals surface area contributed by atoms with Crippen LogP contribution in [0.5, 0.6) is 0 Å². The fraction of sp³-hybridized carbons (Fsp3) is 0.361. The fourth-order valence-corrected chi connectivity index (χ4v) is 5.81. The molecule has 1 aromatic carbocycles. The van der Waals surface area contributed by atoms with Gasteiger partial charge in [-0.3, -0.25) is 9.58 Å². The molecule has 13 heteroatoms. The van der Waals surface area contributed by atoms with Gasteiger partial charge in [-0.25, -0.2) is 19.7 Å². The Morgan fingerprint density at radius 3 is 2.43 bits per heavy atom. The molecule has 0 aliphatic heterocycles. The number of carbonyl (C=O) groups excluding carboxylic acids is 1. The molecule has 3 N–H and O–H groups in total. The van der Waals surface area contributed by atoms with E-state index in [1.807, 2.05) is 55.7 Å². The number of urea groups is 1. The number of rotatable bonds is 10. The monoisotopic (exact) mass is 659 g/mol. The molecule has 1 aliphatic carbocycles. The Bertz CT molecular complexity index is 1900. The minimum absolute atomic E-state index is 0.0524. The number of hydrogen-bond donors (Lipinski definition) is 3. The van der Waals surface area contributed by atoms with Crippen molar-refractivity contribution in [3.63, 3.8) is 0 Å². The summed E-state index contributed by atoms with van der Waals surface area (Å²) in [5.74, 6) is 2.74. The number of nitriles is 1. The maximum atomic E-state index is 13.7. The third-order valence-corrected chi connectivity index (χ3v) is 8.54. The molecular formula is C36H41N11O2. The summed E-state index contributed by atoms with van der Waals surface area (Å²) in [7, 11) is 1.88. The van der Waals surface area contributed by atoms with Crippen molar-refractivity contribution in [1.29, 1.82) is 5.26 Å². The number of aryl methyl sites for hydroxylation is 1. The highest BCUT2D eigenvalue weighted by atomic mass is 16.4. The molecule has 6 rings (SSSR count). The minimum atomic E-state index is -0.186. The Kier molecular flexibility index (Phi) is 9.84. The average Bonchev–Trinajstić information content (AvgIpc) is 3.78. The molecule has 1 fully saturated rings. The van der Waals surface area contributed by atoms with Gasteiger partial charge < -0.3 is 20.4 Å². The predicted molar refractivity (Wildman–Crippen MR) is 187 cm³/mol. The molecule has 0 unspecified atom stereocenters. The molecule has 13 nitrogen and oxygen atoms in total. The lowest BCUT2D eigenvalue weighted by molar-refractivity contribution is 0.240. The van der Waals surface area contributed by atoms with Gasteiger partial charge in [0.05, 0.1) is 25.1 Å². The van der Waals surface area contributed by atoms with Crippen LogP contribution in [0, 0.1) is 11.3 Å². The minimum Gasteiger partial charge on any atom is -0.443 e. The standard InChI is InChI=1S/C36H41N11O2/c1-36(2,3)30-21-39-32(49-30)22-40-33-26(16-37)19-41-34(45-33)44-28-11-13-29(14-12-28)47(35(48)42-17-24-8-6-5-7-9-24)31-15-10-25(18-38-31)27-20-43-46(4)23-27/h5-10,15,18-21,23,28-29H,11-14,17,22H2,1-4H3,(H,42,48)(H2,40,41,44,45). The average molecular weight is 660 g/mol. The molecule has 49 heavy (non-hydrogen) atoms. The molecule has 252 valence electrons. The zero-order valence-electron chi connectivity index (χ0n) is 28.2. The molecule has 0 saturated heterocycles. The Hall–Kier alpha value is -5.77. The summed E-state index contributed by atoms with van der Waals surface area (Å²) in [5, 5.41) is 23.6. The van der Waals surface area contributed by atoms with Gasteiger partial charge in [0.2, 0.25) is 11.8 Å². The van der Waals surface area contributed by atoms with E-state index in [9.17, 15) is 10.1 Å². The summed E-state index contributed by atoms with van der Waals surface area (Å²) in [5.41, 5.74) is 3.09. The highest BCUT2D eigenvalue weighted by molar-refractivity contribution is 5.91. The number of oxazole rings is 1. The largest absolute Gasteiger partial charge is 0.443 e. The molecule has 5 aromatic rings. The number of benzene rings is 1. The van der Waals surface area contributed by atoms with Gasteiger partial charge in [0, 0.05) is 54.6 Å². The van der Waals surface area contributed by atoms with Crippen molar-refractivity contribution in [3.8, 4) is 17.2 Å². The van der Waals surface area contributed by atoms with Crippen molar-refractivity contribution < 1.29 is 9.21 Å². The zero-order chi connectivity index (χ0) is 34.4. The van der Waals surface area contributed by atoms with Gasteiger partial charge in [0.1, 0.15) is 29.0 Å². The molecule has 0 bridgehead atoms. The molecule has 4 aromatic heterocycles. The maximum Gasteiger partial charge on any atom is 0.323 e. The molecule has 0 radical (unpaired) electrons. The van der Waals surface area contributed by atoms with Crippen molar-refractivity contribution in [2.24, 2.45) is 7.05 Å². The van der Waals surface area contributed by atoms with Gasteiger partial charge >= 0.3 is 6.03 Å². The van der Waals surface area contributed by atoms with E-state index in [1.54, 1.807) is 28.2 Å². The smallest absolute Gasteiger partial charge is 0.323 e. The second-order valence-electron chi connectivity index (χ2n) is 13.3. The second-order valence-corrected chi connectivity index (χ2v) is 13.3. The molecule has 0 spiro atoms. The number of carbonyl (C=O) groups is 1. The Labute approximate surface area is 285 Å². The third-order valence-electron chi connectivity index (χ3n) is 8.54. The number of nitrogens with one attached hydrogen (secondary N) is 3. The van der Waals surface area contributed by atoms with Crippen molar-refractivity contribution in [3.05, 3.63) is 96.2 Å². The van der Waals surface area contributed by atoms with Crippen molar-refractivity contribution >= 4 is 23.6 Å². The van der Waals surface area contributed by atoms with Crippen LogP contribution in [0.25, 0.3) is 11.1 Å². The van der Waals surface area contributed by atoms with E-state index in [-0.39, 0.29) is 30.1 Å². The lowest BCUT2D eigenvalue weighted by Gasteiger charge is -2.36. The summed E-state index contributed by atoms with van der Waals surface area (Å²) >= 11 is 0. The first-order chi connectivity index (χ1) is 23.7.